The second-order valence-corrected chi connectivity index (χ2v) is 7.93. The number of amides is 1. The van der Waals surface area contributed by atoms with E-state index in [0.29, 0.717) is 32.5 Å². The minimum atomic E-state index is -3.09. The maximum Gasteiger partial charge on any atom is 0.234 e. The van der Waals surface area contributed by atoms with Gasteiger partial charge in [-0.25, -0.2) is 12.7 Å². The lowest BCUT2D eigenvalue weighted by Gasteiger charge is -2.32. The summed E-state index contributed by atoms with van der Waals surface area (Å²) >= 11 is 0. The summed E-state index contributed by atoms with van der Waals surface area (Å²) < 4.78 is 25.1. The molecule has 2 aliphatic rings. The Morgan fingerprint density at radius 1 is 1.19 bits per heavy atom. The highest BCUT2D eigenvalue weighted by molar-refractivity contribution is 7.89. The van der Waals surface area contributed by atoms with E-state index in [-0.39, 0.29) is 17.7 Å². The Labute approximate surface area is 127 Å². The summed E-state index contributed by atoms with van der Waals surface area (Å²) in [5, 5.41) is 6.29. The number of carbonyl (C=O) groups is 1. The molecule has 7 nitrogen and oxygen atoms in total. The molecule has 2 aliphatic heterocycles. The number of carbonyl (C=O) groups excluding carboxylic acids is 1. The van der Waals surface area contributed by atoms with Crippen LogP contribution in [0.3, 0.4) is 0 Å². The summed E-state index contributed by atoms with van der Waals surface area (Å²) in [7, 11) is -3.09. The van der Waals surface area contributed by atoms with E-state index in [1.165, 1.54) is 4.31 Å². The van der Waals surface area contributed by atoms with Crippen molar-refractivity contribution in [2.45, 2.75) is 25.8 Å². The minimum absolute atomic E-state index is 0.0497. The van der Waals surface area contributed by atoms with Crippen LogP contribution < -0.4 is 10.6 Å². The smallest absolute Gasteiger partial charge is 0.234 e. The number of nitrogens with zero attached hydrogens (tertiary/aromatic N) is 2. The van der Waals surface area contributed by atoms with Crippen LogP contribution in [0.5, 0.6) is 0 Å². The van der Waals surface area contributed by atoms with Crippen molar-refractivity contribution in [2.24, 2.45) is 0 Å². The van der Waals surface area contributed by atoms with E-state index in [4.69, 9.17) is 0 Å². The average Bonchev–Trinajstić information content (AvgIpc) is 2.48. The summed E-state index contributed by atoms with van der Waals surface area (Å²) in [5.74, 6) is 0.196. The second-order valence-electron chi connectivity index (χ2n) is 5.67. The number of nitrogens with one attached hydrogen (secondary N) is 2. The topological polar surface area (TPSA) is 81.8 Å². The molecule has 2 N–H and O–H groups in total. The van der Waals surface area contributed by atoms with Gasteiger partial charge >= 0.3 is 0 Å². The van der Waals surface area contributed by atoms with Crippen molar-refractivity contribution in [1.29, 1.82) is 0 Å². The monoisotopic (exact) mass is 318 g/mol. The fourth-order valence-corrected chi connectivity index (χ4v) is 3.94. The van der Waals surface area contributed by atoms with Gasteiger partial charge in [0.2, 0.25) is 15.9 Å². The molecule has 0 aromatic rings. The van der Waals surface area contributed by atoms with Crippen LogP contribution in [0.1, 0.15) is 19.8 Å². The molecule has 2 rings (SSSR count). The van der Waals surface area contributed by atoms with Crippen molar-refractivity contribution in [2.75, 3.05) is 51.6 Å². The van der Waals surface area contributed by atoms with Crippen LogP contribution in [-0.4, -0.2) is 81.1 Å². The second kappa shape index (κ2) is 7.53. The van der Waals surface area contributed by atoms with Gasteiger partial charge in [0.25, 0.3) is 0 Å². The number of piperidine rings is 1. The summed E-state index contributed by atoms with van der Waals surface area (Å²) in [6, 6.07) is 0.101. The standard InChI is InChI=1S/C13H26N4O3S/c1-2-21(19,20)17-7-3-12(4-8-17)15-13(18)11-16-9-5-14-6-10-16/h12,14H,2-11H2,1H3,(H,15,18). The molecule has 0 bridgehead atoms. The van der Waals surface area contributed by atoms with Crippen LogP contribution in [0.2, 0.25) is 0 Å². The molecule has 1 amide bonds. The minimum Gasteiger partial charge on any atom is -0.352 e. The lowest BCUT2D eigenvalue weighted by molar-refractivity contribution is -0.123. The van der Waals surface area contributed by atoms with Crippen LogP contribution >= 0.6 is 0 Å². The SMILES string of the molecule is CCS(=O)(=O)N1CCC(NC(=O)CN2CCNCC2)CC1. The van der Waals surface area contributed by atoms with Crippen LogP contribution in [0, 0.1) is 0 Å². The summed E-state index contributed by atoms with van der Waals surface area (Å²) in [5.41, 5.74) is 0. The number of hydrogen-bond donors (Lipinski definition) is 2. The molecule has 0 unspecified atom stereocenters. The molecule has 0 saturated carbocycles. The maximum atomic E-state index is 12.0. The van der Waals surface area contributed by atoms with Gasteiger partial charge in [-0.05, 0) is 19.8 Å². The van der Waals surface area contributed by atoms with E-state index in [9.17, 15) is 13.2 Å². The predicted molar refractivity (Wildman–Crippen MR) is 81.5 cm³/mol. The molecule has 0 spiro atoms. The van der Waals surface area contributed by atoms with Crippen molar-refractivity contribution in [1.82, 2.24) is 19.8 Å². The quantitative estimate of drug-likeness (QED) is 0.667. The van der Waals surface area contributed by atoms with E-state index in [2.05, 4.69) is 15.5 Å². The zero-order valence-electron chi connectivity index (χ0n) is 12.7. The van der Waals surface area contributed by atoms with Crippen LogP contribution in [-0.2, 0) is 14.8 Å². The molecule has 8 heteroatoms. The highest BCUT2D eigenvalue weighted by atomic mass is 32.2. The Morgan fingerprint density at radius 3 is 2.38 bits per heavy atom. The highest BCUT2D eigenvalue weighted by Crippen LogP contribution is 2.14. The molecule has 0 aliphatic carbocycles. The van der Waals surface area contributed by atoms with Crippen molar-refractivity contribution in [3.05, 3.63) is 0 Å². The van der Waals surface area contributed by atoms with E-state index >= 15 is 0 Å². The third-order valence-corrected chi connectivity index (χ3v) is 6.04. The summed E-state index contributed by atoms with van der Waals surface area (Å²) in [6.07, 6.45) is 1.40. The Kier molecular flexibility index (Phi) is 5.98. The first-order valence-electron chi connectivity index (χ1n) is 7.71. The molecular formula is C13H26N4O3S. The van der Waals surface area contributed by atoms with Gasteiger partial charge in [0, 0.05) is 45.3 Å². The molecule has 0 aromatic carbocycles. The van der Waals surface area contributed by atoms with Gasteiger partial charge in [0.05, 0.1) is 12.3 Å². The van der Waals surface area contributed by atoms with E-state index in [1.807, 2.05) is 0 Å². The van der Waals surface area contributed by atoms with Crippen molar-refractivity contribution in [3.63, 3.8) is 0 Å². The van der Waals surface area contributed by atoms with E-state index < -0.39 is 10.0 Å². The van der Waals surface area contributed by atoms with Gasteiger partial charge in [0.1, 0.15) is 0 Å². The number of piperazine rings is 1. The first-order chi connectivity index (χ1) is 10.0. The van der Waals surface area contributed by atoms with Gasteiger partial charge < -0.3 is 10.6 Å². The molecule has 0 aromatic heterocycles. The average molecular weight is 318 g/mol. The first kappa shape index (κ1) is 16.7. The third kappa shape index (κ3) is 4.91. The summed E-state index contributed by atoms with van der Waals surface area (Å²) in [6.45, 7) is 6.79. The molecule has 0 radical (unpaired) electrons. The maximum absolute atomic E-state index is 12.0. The highest BCUT2D eigenvalue weighted by Gasteiger charge is 2.27. The molecule has 21 heavy (non-hydrogen) atoms. The van der Waals surface area contributed by atoms with E-state index in [0.717, 1.165) is 26.2 Å². The normalized spacial score (nSPS) is 23.1. The molecular weight excluding hydrogens is 292 g/mol. The zero-order chi connectivity index (χ0) is 15.3. The van der Waals surface area contributed by atoms with Crippen molar-refractivity contribution < 1.29 is 13.2 Å². The fourth-order valence-electron chi connectivity index (χ4n) is 2.81. The van der Waals surface area contributed by atoms with Crippen LogP contribution in [0.4, 0.5) is 0 Å². The Hall–Kier alpha value is -0.700. The molecule has 2 heterocycles. The third-order valence-electron chi connectivity index (χ3n) is 4.15. The Balaban J connectivity index is 1.71. The van der Waals surface area contributed by atoms with Crippen LogP contribution in [0.15, 0.2) is 0 Å². The van der Waals surface area contributed by atoms with Crippen molar-refractivity contribution in [3.8, 4) is 0 Å². The first-order valence-corrected chi connectivity index (χ1v) is 9.32. The fraction of sp³-hybridized carbons (Fsp3) is 0.923. The lowest BCUT2D eigenvalue weighted by atomic mass is 10.1. The molecule has 2 saturated heterocycles. The number of hydrogen-bond acceptors (Lipinski definition) is 5. The largest absolute Gasteiger partial charge is 0.352 e. The lowest BCUT2D eigenvalue weighted by Crippen LogP contribution is -2.51. The Bertz CT molecular complexity index is 440. The molecule has 122 valence electrons. The van der Waals surface area contributed by atoms with Gasteiger partial charge in [-0.3, -0.25) is 9.69 Å². The van der Waals surface area contributed by atoms with Gasteiger partial charge in [-0.2, -0.15) is 0 Å². The van der Waals surface area contributed by atoms with Gasteiger partial charge in [-0.15, -0.1) is 0 Å². The Morgan fingerprint density at radius 2 is 1.81 bits per heavy atom. The molecule has 0 atom stereocenters. The van der Waals surface area contributed by atoms with Crippen LogP contribution in [0.25, 0.3) is 0 Å². The van der Waals surface area contributed by atoms with Crippen molar-refractivity contribution >= 4 is 15.9 Å². The van der Waals surface area contributed by atoms with E-state index in [1.54, 1.807) is 6.92 Å². The van der Waals surface area contributed by atoms with Gasteiger partial charge in [-0.1, -0.05) is 0 Å². The zero-order valence-corrected chi connectivity index (χ0v) is 13.5. The molecule has 2 fully saturated rings. The predicted octanol–water partition coefficient (Wildman–Crippen LogP) is -1.18. The number of sulfonamides is 1. The summed E-state index contributed by atoms with van der Waals surface area (Å²) in [4.78, 5) is 14.2. The van der Waals surface area contributed by atoms with Gasteiger partial charge in [0.15, 0.2) is 0 Å². The number of rotatable bonds is 5.